The summed E-state index contributed by atoms with van der Waals surface area (Å²) in [6.07, 6.45) is 1.20. The first kappa shape index (κ1) is 15.2. The molecule has 0 radical (unpaired) electrons. The van der Waals surface area contributed by atoms with Gasteiger partial charge in [0.1, 0.15) is 0 Å². The lowest BCUT2D eigenvalue weighted by Crippen LogP contribution is -2.20. The molecule has 19 heavy (non-hydrogen) atoms. The van der Waals surface area contributed by atoms with Crippen molar-refractivity contribution in [1.29, 1.82) is 0 Å². The minimum atomic E-state index is -0.419. The van der Waals surface area contributed by atoms with Crippen LogP contribution < -0.4 is 5.73 Å². The number of amides is 1. The average Bonchev–Trinajstić information content (AvgIpc) is 2.39. The summed E-state index contributed by atoms with van der Waals surface area (Å²) in [5, 5.41) is 0. The second-order valence-corrected chi connectivity index (χ2v) is 4.48. The highest BCUT2D eigenvalue weighted by Gasteiger charge is 2.05. The molecule has 5 heteroatoms. The van der Waals surface area contributed by atoms with Crippen molar-refractivity contribution < 1.29 is 14.3 Å². The third kappa shape index (κ3) is 5.52. The topological polar surface area (TPSA) is 72.6 Å². The van der Waals surface area contributed by atoms with Crippen molar-refractivity contribution in [2.45, 2.75) is 19.4 Å². The SMILES string of the molecule is COC(=O)CCCN(C)Cc1ccc(C(N)=O)cc1. The van der Waals surface area contributed by atoms with E-state index in [0.717, 1.165) is 25.1 Å². The number of ether oxygens (including phenoxy) is 1. The highest BCUT2D eigenvalue weighted by Crippen LogP contribution is 2.07. The number of esters is 1. The molecule has 0 aliphatic rings. The molecule has 0 fully saturated rings. The van der Waals surface area contributed by atoms with Gasteiger partial charge in [-0.25, -0.2) is 0 Å². The molecule has 0 unspecified atom stereocenters. The number of nitrogens with two attached hydrogens (primary N) is 1. The summed E-state index contributed by atoms with van der Waals surface area (Å²) >= 11 is 0. The molecule has 1 amide bonds. The Labute approximate surface area is 113 Å². The first-order chi connectivity index (χ1) is 9.02. The van der Waals surface area contributed by atoms with Crippen LogP contribution in [0.2, 0.25) is 0 Å². The molecule has 0 aromatic heterocycles. The number of methoxy groups -OCH3 is 1. The fourth-order valence-corrected chi connectivity index (χ4v) is 1.76. The molecular weight excluding hydrogens is 244 g/mol. The van der Waals surface area contributed by atoms with Gasteiger partial charge in [-0.2, -0.15) is 0 Å². The molecule has 2 N–H and O–H groups in total. The van der Waals surface area contributed by atoms with Crippen LogP contribution in [0.1, 0.15) is 28.8 Å². The third-order valence-corrected chi connectivity index (χ3v) is 2.84. The van der Waals surface area contributed by atoms with Crippen LogP contribution in [0.5, 0.6) is 0 Å². The molecular formula is C14H20N2O3. The monoisotopic (exact) mass is 264 g/mol. The summed E-state index contributed by atoms with van der Waals surface area (Å²) in [6.45, 7) is 1.58. The first-order valence-electron chi connectivity index (χ1n) is 6.17. The molecule has 5 nitrogen and oxygen atoms in total. The number of nitrogens with zero attached hydrogens (tertiary/aromatic N) is 1. The number of primary amides is 1. The quantitative estimate of drug-likeness (QED) is 0.750. The second-order valence-electron chi connectivity index (χ2n) is 4.48. The molecule has 0 atom stereocenters. The summed E-state index contributed by atoms with van der Waals surface area (Å²) < 4.78 is 4.58. The summed E-state index contributed by atoms with van der Waals surface area (Å²) in [6, 6.07) is 7.22. The van der Waals surface area contributed by atoms with Gasteiger partial charge >= 0.3 is 5.97 Å². The number of carbonyl (C=O) groups is 2. The van der Waals surface area contributed by atoms with Gasteiger partial charge < -0.3 is 15.4 Å². The van der Waals surface area contributed by atoms with Gasteiger partial charge in [0.05, 0.1) is 7.11 Å². The number of rotatable bonds is 7. The van der Waals surface area contributed by atoms with Crippen molar-refractivity contribution in [3.63, 3.8) is 0 Å². The molecule has 0 bridgehead atoms. The van der Waals surface area contributed by atoms with Gasteiger partial charge in [-0.1, -0.05) is 12.1 Å². The van der Waals surface area contributed by atoms with E-state index in [-0.39, 0.29) is 5.97 Å². The van der Waals surface area contributed by atoms with E-state index in [2.05, 4.69) is 9.64 Å². The van der Waals surface area contributed by atoms with Crippen molar-refractivity contribution in [1.82, 2.24) is 4.90 Å². The molecule has 1 rings (SSSR count). The zero-order chi connectivity index (χ0) is 14.3. The van der Waals surface area contributed by atoms with Gasteiger partial charge in [-0.15, -0.1) is 0 Å². The van der Waals surface area contributed by atoms with Gasteiger partial charge in [0.25, 0.3) is 0 Å². The minimum Gasteiger partial charge on any atom is -0.469 e. The van der Waals surface area contributed by atoms with E-state index in [1.807, 2.05) is 19.2 Å². The highest BCUT2D eigenvalue weighted by atomic mass is 16.5. The fraction of sp³-hybridized carbons (Fsp3) is 0.429. The van der Waals surface area contributed by atoms with E-state index in [9.17, 15) is 9.59 Å². The summed E-state index contributed by atoms with van der Waals surface area (Å²) in [7, 11) is 3.38. The van der Waals surface area contributed by atoms with Gasteiger partial charge in [0.2, 0.25) is 5.91 Å². The smallest absolute Gasteiger partial charge is 0.305 e. The average molecular weight is 264 g/mol. The number of hydrogen-bond acceptors (Lipinski definition) is 4. The zero-order valence-electron chi connectivity index (χ0n) is 11.4. The van der Waals surface area contributed by atoms with Crippen LogP contribution in [-0.2, 0) is 16.1 Å². The Morgan fingerprint density at radius 2 is 1.89 bits per heavy atom. The molecule has 1 aromatic carbocycles. The molecule has 0 spiro atoms. The van der Waals surface area contributed by atoms with E-state index in [0.29, 0.717) is 12.0 Å². The van der Waals surface area contributed by atoms with Crippen LogP contribution in [0.4, 0.5) is 0 Å². The summed E-state index contributed by atoms with van der Waals surface area (Å²) in [5.41, 5.74) is 6.79. The van der Waals surface area contributed by atoms with Crippen molar-refractivity contribution >= 4 is 11.9 Å². The highest BCUT2D eigenvalue weighted by molar-refractivity contribution is 5.92. The molecule has 1 aromatic rings. The van der Waals surface area contributed by atoms with Gasteiger partial charge in [0.15, 0.2) is 0 Å². The van der Waals surface area contributed by atoms with Crippen molar-refractivity contribution in [3.05, 3.63) is 35.4 Å². The lowest BCUT2D eigenvalue weighted by molar-refractivity contribution is -0.140. The number of hydrogen-bond donors (Lipinski definition) is 1. The second kappa shape index (κ2) is 7.53. The maximum absolute atomic E-state index is 11.0. The van der Waals surface area contributed by atoms with E-state index >= 15 is 0 Å². The van der Waals surface area contributed by atoms with E-state index in [1.165, 1.54) is 7.11 Å². The maximum Gasteiger partial charge on any atom is 0.305 e. The third-order valence-electron chi connectivity index (χ3n) is 2.84. The Morgan fingerprint density at radius 1 is 1.26 bits per heavy atom. The van der Waals surface area contributed by atoms with E-state index in [1.54, 1.807) is 12.1 Å². The number of benzene rings is 1. The minimum absolute atomic E-state index is 0.181. The molecule has 104 valence electrons. The largest absolute Gasteiger partial charge is 0.469 e. The van der Waals surface area contributed by atoms with Crippen LogP contribution in [0.25, 0.3) is 0 Å². The summed E-state index contributed by atoms with van der Waals surface area (Å²) in [5.74, 6) is -0.600. The normalized spacial score (nSPS) is 10.5. The van der Waals surface area contributed by atoms with Crippen LogP contribution in [-0.4, -0.2) is 37.5 Å². The van der Waals surface area contributed by atoms with Gasteiger partial charge in [-0.3, -0.25) is 9.59 Å². The Morgan fingerprint density at radius 3 is 2.42 bits per heavy atom. The van der Waals surface area contributed by atoms with E-state index < -0.39 is 5.91 Å². The zero-order valence-corrected chi connectivity index (χ0v) is 11.4. The van der Waals surface area contributed by atoms with Crippen molar-refractivity contribution in [2.75, 3.05) is 20.7 Å². The standard InChI is InChI=1S/C14H20N2O3/c1-16(9-3-4-13(17)19-2)10-11-5-7-12(8-6-11)14(15)18/h5-8H,3-4,9-10H2,1-2H3,(H2,15,18). The Bertz CT molecular complexity index is 429. The van der Waals surface area contributed by atoms with Gasteiger partial charge in [-0.05, 0) is 37.7 Å². The maximum atomic E-state index is 11.0. The van der Waals surface area contributed by atoms with Crippen LogP contribution >= 0.6 is 0 Å². The first-order valence-corrected chi connectivity index (χ1v) is 6.17. The fourth-order valence-electron chi connectivity index (χ4n) is 1.76. The predicted octanol–water partition coefficient (Wildman–Crippen LogP) is 1.17. The predicted molar refractivity (Wildman–Crippen MR) is 72.5 cm³/mol. The van der Waals surface area contributed by atoms with E-state index in [4.69, 9.17) is 5.73 Å². The molecule has 0 saturated carbocycles. The lowest BCUT2D eigenvalue weighted by Gasteiger charge is -2.16. The van der Waals surface area contributed by atoms with Crippen LogP contribution in [0.15, 0.2) is 24.3 Å². The van der Waals surface area contributed by atoms with Crippen LogP contribution in [0.3, 0.4) is 0 Å². The van der Waals surface area contributed by atoms with Crippen molar-refractivity contribution in [3.8, 4) is 0 Å². The van der Waals surface area contributed by atoms with Crippen LogP contribution in [0, 0.1) is 0 Å². The van der Waals surface area contributed by atoms with Gasteiger partial charge in [0, 0.05) is 18.5 Å². The molecule has 0 aliphatic heterocycles. The molecule has 0 heterocycles. The Kier molecular flexibility index (Phi) is 6.02. The lowest BCUT2D eigenvalue weighted by atomic mass is 10.1. The Hall–Kier alpha value is -1.88. The van der Waals surface area contributed by atoms with Crippen molar-refractivity contribution in [2.24, 2.45) is 5.73 Å². The number of carbonyl (C=O) groups excluding carboxylic acids is 2. The Balaban J connectivity index is 2.37. The molecule has 0 saturated heterocycles. The summed E-state index contributed by atoms with van der Waals surface area (Å²) in [4.78, 5) is 24.0. The molecule has 0 aliphatic carbocycles.